The highest BCUT2D eigenvalue weighted by atomic mass is 35.5. The third-order valence-electron chi connectivity index (χ3n) is 3.00. The summed E-state index contributed by atoms with van der Waals surface area (Å²) in [6.07, 6.45) is -1.08. The minimum absolute atomic E-state index is 0.138. The van der Waals surface area contributed by atoms with E-state index in [-0.39, 0.29) is 5.92 Å². The summed E-state index contributed by atoms with van der Waals surface area (Å²) in [6.45, 7) is 7.74. The molecule has 0 aliphatic carbocycles. The second-order valence-corrected chi connectivity index (χ2v) is 6.77. The second-order valence-electron chi connectivity index (χ2n) is 6.34. The highest BCUT2D eigenvalue weighted by molar-refractivity contribution is 6.30. The molecule has 1 amide bonds. The maximum Gasteiger partial charge on any atom is 0.410 e. The summed E-state index contributed by atoms with van der Waals surface area (Å²) in [4.78, 5) is 13.4. The molecule has 0 heterocycles. The molecule has 21 heavy (non-hydrogen) atoms. The molecule has 118 valence electrons. The Labute approximate surface area is 131 Å². The van der Waals surface area contributed by atoms with E-state index >= 15 is 0 Å². The Kier molecular flexibility index (Phi) is 6.05. The lowest BCUT2D eigenvalue weighted by atomic mass is 9.97. The molecule has 0 fully saturated rings. The predicted octanol–water partition coefficient (Wildman–Crippen LogP) is 3.88. The lowest BCUT2D eigenvalue weighted by Crippen LogP contribution is -2.37. The van der Waals surface area contributed by atoms with E-state index in [0.29, 0.717) is 11.6 Å². The van der Waals surface area contributed by atoms with E-state index in [4.69, 9.17) is 16.3 Å². The molecule has 0 aliphatic heterocycles. The van der Waals surface area contributed by atoms with Crippen molar-refractivity contribution in [3.05, 3.63) is 34.9 Å². The van der Waals surface area contributed by atoms with Gasteiger partial charge in [-0.3, -0.25) is 0 Å². The fraction of sp³-hybridized carbons (Fsp3) is 0.562. The fourth-order valence-corrected chi connectivity index (χ4v) is 2.16. The van der Waals surface area contributed by atoms with Crippen LogP contribution in [0.4, 0.5) is 4.79 Å². The average molecular weight is 314 g/mol. The maximum atomic E-state index is 11.9. The Morgan fingerprint density at radius 2 is 2.05 bits per heavy atom. The molecule has 1 aromatic rings. The quantitative estimate of drug-likeness (QED) is 0.917. The van der Waals surface area contributed by atoms with Crippen LogP contribution >= 0.6 is 11.6 Å². The van der Waals surface area contributed by atoms with E-state index in [1.807, 2.05) is 33.8 Å². The van der Waals surface area contributed by atoms with Gasteiger partial charge in [-0.05, 0) is 38.5 Å². The summed E-state index contributed by atoms with van der Waals surface area (Å²) in [7, 11) is 1.66. The predicted molar refractivity (Wildman–Crippen MR) is 84.4 cm³/mol. The minimum Gasteiger partial charge on any atom is -0.444 e. The van der Waals surface area contributed by atoms with E-state index in [0.717, 1.165) is 5.56 Å². The van der Waals surface area contributed by atoms with E-state index in [2.05, 4.69) is 0 Å². The van der Waals surface area contributed by atoms with Gasteiger partial charge in [-0.25, -0.2) is 4.79 Å². The minimum atomic E-state index is -0.686. The molecule has 1 N–H and O–H groups in total. The number of hydrogen-bond donors (Lipinski definition) is 1. The van der Waals surface area contributed by atoms with Gasteiger partial charge in [0.25, 0.3) is 0 Å². The first-order valence-electron chi connectivity index (χ1n) is 6.98. The molecule has 2 atom stereocenters. The van der Waals surface area contributed by atoms with Gasteiger partial charge < -0.3 is 14.7 Å². The lowest BCUT2D eigenvalue weighted by Gasteiger charge is -2.28. The number of halogens is 1. The number of hydrogen-bond acceptors (Lipinski definition) is 3. The Morgan fingerprint density at radius 3 is 2.57 bits per heavy atom. The van der Waals surface area contributed by atoms with Gasteiger partial charge in [0.2, 0.25) is 0 Å². The Bertz CT molecular complexity index is 485. The van der Waals surface area contributed by atoms with Crippen LogP contribution in [0.1, 0.15) is 39.4 Å². The summed E-state index contributed by atoms with van der Waals surface area (Å²) in [5.41, 5.74) is 0.216. The van der Waals surface area contributed by atoms with Crippen LogP contribution in [0.25, 0.3) is 0 Å². The number of amides is 1. The van der Waals surface area contributed by atoms with Gasteiger partial charge in [0.15, 0.2) is 0 Å². The van der Waals surface area contributed by atoms with Gasteiger partial charge in [-0.15, -0.1) is 0 Å². The third kappa shape index (κ3) is 5.94. The third-order valence-corrected chi connectivity index (χ3v) is 3.23. The van der Waals surface area contributed by atoms with Crippen molar-refractivity contribution >= 4 is 17.7 Å². The van der Waals surface area contributed by atoms with Crippen LogP contribution in [-0.4, -0.2) is 35.3 Å². The number of aliphatic hydroxyl groups excluding tert-OH is 1. The summed E-state index contributed by atoms with van der Waals surface area (Å²) in [5.74, 6) is -0.138. The Morgan fingerprint density at radius 1 is 1.43 bits per heavy atom. The van der Waals surface area contributed by atoms with Crippen LogP contribution in [0, 0.1) is 5.92 Å². The molecule has 1 rings (SSSR count). The molecular formula is C16H24ClNO3. The summed E-state index contributed by atoms with van der Waals surface area (Å²) >= 11 is 5.93. The standard InChI is InChI=1S/C16H24ClNO3/c1-11(10-18(5)15(20)21-16(2,3)4)14(19)12-7-6-8-13(17)9-12/h6-9,11,14,19H,10H2,1-5H3/t11-,14-/m0/s1. The molecule has 0 aliphatic rings. The van der Waals surface area contributed by atoms with Crippen LogP contribution in [0.5, 0.6) is 0 Å². The molecule has 0 unspecified atom stereocenters. The van der Waals surface area contributed by atoms with Crippen LogP contribution in [-0.2, 0) is 4.74 Å². The molecular weight excluding hydrogens is 290 g/mol. The largest absolute Gasteiger partial charge is 0.444 e. The fourth-order valence-electron chi connectivity index (χ4n) is 1.97. The normalized spacial score (nSPS) is 14.4. The number of aliphatic hydroxyl groups is 1. The van der Waals surface area contributed by atoms with Crippen LogP contribution in [0.2, 0.25) is 5.02 Å². The van der Waals surface area contributed by atoms with Crippen LogP contribution < -0.4 is 0 Å². The van der Waals surface area contributed by atoms with Gasteiger partial charge in [0.1, 0.15) is 5.60 Å². The van der Waals surface area contributed by atoms with Crippen molar-refractivity contribution < 1.29 is 14.6 Å². The molecule has 4 nitrogen and oxygen atoms in total. The topological polar surface area (TPSA) is 49.8 Å². The summed E-state index contributed by atoms with van der Waals surface area (Å²) < 4.78 is 5.29. The van der Waals surface area contributed by atoms with Crippen molar-refractivity contribution in [2.75, 3.05) is 13.6 Å². The number of carbonyl (C=O) groups is 1. The van der Waals surface area contributed by atoms with Crippen molar-refractivity contribution in [3.8, 4) is 0 Å². The van der Waals surface area contributed by atoms with Gasteiger partial charge >= 0.3 is 6.09 Å². The molecule has 0 saturated heterocycles. The molecule has 1 aromatic carbocycles. The average Bonchev–Trinajstić information content (AvgIpc) is 2.35. The van der Waals surface area contributed by atoms with Crippen molar-refractivity contribution in [1.82, 2.24) is 4.90 Å². The molecule has 0 spiro atoms. The van der Waals surface area contributed by atoms with E-state index in [1.165, 1.54) is 4.90 Å². The summed E-state index contributed by atoms with van der Waals surface area (Å²) in [6, 6.07) is 7.11. The summed E-state index contributed by atoms with van der Waals surface area (Å²) in [5, 5.41) is 10.9. The van der Waals surface area contributed by atoms with Crippen LogP contribution in [0.15, 0.2) is 24.3 Å². The number of rotatable bonds is 4. The number of ether oxygens (including phenoxy) is 1. The van der Waals surface area contributed by atoms with Gasteiger partial charge in [0, 0.05) is 24.5 Å². The van der Waals surface area contributed by atoms with Crippen molar-refractivity contribution in [2.45, 2.75) is 39.4 Å². The first-order valence-corrected chi connectivity index (χ1v) is 7.35. The van der Waals surface area contributed by atoms with Crippen molar-refractivity contribution in [2.24, 2.45) is 5.92 Å². The van der Waals surface area contributed by atoms with E-state index in [9.17, 15) is 9.90 Å². The first-order chi connectivity index (χ1) is 9.60. The number of carbonyl (C=O) groups excluding carboxylic acids is 1. The SMILES string of the molecule is C[C@@H](CN(C)C(=O)OC(C)(C)C)[C@H](O)c1cccc(Cl)c1. The van der Waals surface area contributed by atoms with Crippen molar-refractivity contribution in [3.63, 3.8) is 0 Å². The molecule has 0 bridgehead atoms. The van der Waals surface area contributed by atoms with Crippen LogP contribution in [0.3, 0.4) is 0 Å². The van der Waals surface area contributed by atoms with Gasteiger partial charge in [-0.2, -0.15) is 0 Å². The lowest BCUT2D eigenvalue weighted by molar-refractivity contribution is 0.0212. The number of benzene rings is 1. The second kappa shape index (κ2) is 7.14. The highest BCUT2D eigenvalue weighted by Crippen LogP contribution is 2.25. The zero-order valence-corrected chi connectivity index (χ0v) is 14.0. The van der Waals surface area contributed by atoms with Gasteiger partial charge in [0.05, 0.1) is 6.10 Å². The maximum absolute atomic E-state index is 11.9. The number of nitrogens with zero attached hydrogens (tertiary/aromatic N) is 1. The molecule has 0 radical (unpaired) electrons. The molecule has 5 heteroatoms. The molecule has 0 aromatic heterocycles. The Balaban J connectivity index is 2.63. The highest BCUT2D eigenvalue weighted by Gasteiger charge is 2.24. The first kappa shape index (κ1) is 17.8. The monoisotopic (exact) mass is 313 g/mol. The zero-order chi connectivity index (χ0) is 16.2. The molecule has 0 saturated carbocycles. The van der Waals surface area contributed by atoms with Gasteiger partial charge in [-0.1, -0.05) is 30.7 Å². The van der Waals surface area contributed by atoms with Crippen molar-refractivity contribution in [1.29, 1.82) is 0 Å². The zero-order valence-electron chi connectivity index (χ0n) is 13.3. The Hall–Kier alpha value is -1.26. The van der Waals surface area contributed by atoms with E-state index < -0.39 is 17.8 Å². The smallest absolute Gasteiger partial charge is 0.410 e. The van der Waals surface area contributed by atoms with E-state index in [1.54, 1.807) is 25.2 Å².